The van der Waals surface area contributed by atoms with E-state index in [1.165, 1.54) is 24.5 Å². The van der Waals surface area contributed by atoms with E-state index in [9.17, 15) is 18.7 Å². The predicted molar refractivity (Wildman–Crippen MR) is 95.2 cm³/mol. The van der Waals surface area contributed by atoms with Crippen molar-refractivity contribution in [1.82, 2.24) is 15.3 Å². The van der Waals surface area contributed by atoms with Gasteiger partial charge in [0.15, 0.2) is 17.7 Å². The molecule has 2 N–H and O–H groups in total. The normalized spacial score (nSPS) is 24.6. The van der Waals surface area contributed by atoms with Crippen LogP contribution >= 0.6 is 0 Å². The summed E-state index contributed by atoms with van der Waals surface area (Å²) in [5.41, 5.74) is -0.106. The van der Waals surface area contributed by atoms with E-state index in [0.29, 0.717) is 12.0 Å². The second kappa shape index (κ2) is 6.41. The van der Waals surface area contributed by atoms with Crippen LogP contribution in [-0.4, -0.2) is 39.2 Å². The van der Waals surface area contributed by atoms with Gasteiger partial charge in [-0.1, -0.05) is 13.0 Å². The van der Waals surface area contributed by atoms with Crippen LogP contribution in [0.2, 0.25) is 0 Å². The van der Waals surface area contributed by atoms with Crippen LogP contribution in [0.4, 0.5) is 19.3 Å². The molecule has 0 bridgehead atoms. The molecule has 2 amide bonds. The maximum atomic E-state index is 13.4. The molecule has 2 aliphatic heterocycles. The molecule has 1 fully saturated rings. The first-order chi connectivity index (χ1) is 13.6. The molecule has 1 saturated heterocycles. The first-order valence-corrected chi connectivity index (χ1v) is 8.82. The average Bonchev–Trinajstić information content (AvgIpc) is 3.12. The number of aryl methyl sites for hydroxylation is 1. The summed E-state index contributed by atoms with van der Waals surface area (Å²) in [5.74, 6) is -0.427. The number of alkyl halides is 2. The number of nitrogens with one attached hydrogen (secondary N) is 1. The Morgan fingerprint density at radius 2 is 1.93 bits per heavy atom. The number of aliphatic hydroxyl groups excluding tert-OH is 1. The number of ether oxygens (including phenoxy) is 3. The second-order valence-electron chi connectivity index (χ2n) is 6.98. The summed E-state index contributed by atoms with van der Waals surface area (Å²) in [7, 11) is 0. The Morgan fingerprint density at radius 1 is 1.28 bits per heavy atom. The van der Waals surface area contributed by atoms with Crippen LogP contribution in [0.25, 0.3) is 0 Å². The van der Waals surface area contributed by atoms with Crippen molar-refractivity contribution in [2.75, 3.05) is 4.90 Å². The highest BCUT2D eigenvalue weighted by Crippen LogP contribution is 2.49. The molecule has 0 radical (unpaired) electrons. The number of nitrogens with zero attached hydrogens (tertiary/aromatic N) is 3. The lowest BCUT2D eigenvalue weighted by atomic mass is 9.98. The van der Waals surface area contributed by atoms with Crippen molar-refractivity contribution >= 4 is 11.7 Å². The van der Waals surface area contributed by atoms with Crippen LogP contribution in [0.5, 0.6) is 23.3 Å². The minimum absolute atomic E-state index is 0.0481. The van der Waals surface area contributed by atoms with Crippen LogP contribution in [0.1, 0.15) is 25.8 Å². The summed E-state index contributed by atoms with van der Waals surface area (Å²) < 4.78 is 41.3. The van der Waals surface area contributed by atoms with Gasteiger partial charge in [0.25, 0.3) is 0 Å². The zero-order valence-electron chi connectivity index (χ0n) is 15.8. The highest BCUT2D eigenvalue weighted by molar-refractivity contribution is 5.95. The van der Waals surface area contributed by atoms with Gasteiger partial charge in [0.1, 0.15) is 0 Å². The maximum Gasteiger partial charge on any atom is 0.586 e. The van der Waals surface area contributed by atoms with Crippen molar-refractivity contribution in [1.29, 1.82) is 0 Å². The number of carbonyl (C=O) groups excluding carboxylic acids is 1. The van der Waals surface area contributed by atoms with Gasteiger partial charge in [-0.2, -0.15) is 0 Å². The molecule has 3 heterocycles. The Balaban J connectivity index is 1.57. The molecular weight excluding hydrogens is 390 g/mol. The molecule has 0 spiro atoms. The Hall–Kier alpha value is -3.21. The van der Waals surface area contributed by atoms with Gasteiger partial charge in [-0.25, -0.2) is 14.8 Å². The molecule has 2 atom stereocenters. The van der Waals surface area contributed by atoms with E-state index in [-0.39, 0.29) is 28.9 Å². The number of anilines is 1. The van der Waals surface area contributed by atoms with Gasteiger partial charge in [0, 0.05) is 0 Å². The summed E-state index contributed by atoms with van der Waals surface area (Å²) in [6.45, 7) is 5.16. The quantitative estimate of drug-likeness (QED) is 0.801. The SMILES string of the molecule is CC[C@@]1(C)NC(=O)N(c2cnc(Oc3ccc(C)c4c3OC(F)(F)O4)nc2)C1O. The van der Waals surface area contributed by atoms with Gasteiger partial charge in [-0.05, 0) is 31.9 Å². The number of aromatic nitrogens is 2. The van der Waals surface area contributed by atoms with Gasteiger partial charge < -0.3 is 24.6 Å². The lowest BCUT2D eigenvalue weighted by Crippen LogP contribution is -2.46. The average molecular weight is 408 g/mol. The van der Waals surface area contributed by atoms with Gasteiger partial charge in [0.05, 0.1) is 23.6 Å². The fraction of sp³-hybridized carbons (Fsp3) is 0.389. The summed E-state index contributed by atoms with van der Waals surface area (Å²) >= 11 is 0. The first kappa shape index (κ1) is 19.1. The van der Waals surface area contributed by atoms with Crippen LogP contribution in [0, 0.1) is 6.92 Å². The molecule has 1 aromatic carbocycles. The number of urea groups is 1. The zero-order valence-corrected chi connectivity index (χ0v) is 15.8. The number of carbonyl (C=O) groups is 1. The molecule has 154 valence electrons. The summed E-state index contributed by atoms with van der Waals surface area (Å²) in [6.07, 6.45) is -1.81. The van der Waals surface area contributed by atoms with E-state index in [1.54, 1.807) is 13.8 Å². The number of halogens is 2. The largest absolute Gasteiger partial charge is 0.586 e. The Morgan fingerprint density at radius 3 is 2.55 bits per heavy atom. The van der Waals surface area contributed by atoms with Crippen molar-refractivity contribution in [3.8, 4) is 23.3 Å². The number of aliphatic hydroxyl groups is 1. The molecule has 0 aliphatic carbocycles. The van der Waals surface area contributed by atoms with E-state index in [0.717, 1.165) is 4.90 Å². The number of benzene rings is 1. The standard InChI is InChI=1S/C18H18F2N4O5/c1-4-17(3)14(25)24(16(26)23-17)10-7-21-15(22-8-10)27-11-6-5-9(2)12-13(11)29-18(19,20)28-12/h5-8,14,25H,4H2,1-3H3,(H,23,26)/t14?,17-/m1/s1. The van der Waals surface area contributed by atoms with Crippen molar-refractivity contribution < 1.29 is 32.9 Å². The maximum absolute atomic E-state index is 13.4. The summed E-state index contributed by atoms with van der Waals surface area (Å²) in [6, 6.07) is 2.32. The van der Waals surface area contributed by atoms with Crippen molar-refractivity contribution in [2.24, 2.45) is 0 Å². The van der Waals surface area contributed by atoms with Crippen molar-refractivity contribution in [2.45, 2.75) is 45.3 Å². The van der Waals surface area contributed by atoms with Crippen molar-refractivity contribution in [3.63, 3.8) is 0 Å². The van der Waals surface area contributed by atoms with E-state index in [1.807, 2.05) is 6.92 Å². The molecular formula is C18H18F2N4O5. The molecule has 0 saturated carbocycles. The second-order valence-corrected chi connectivity index (χ2v) is 6.98. The number of amides is 2. The Labute approximate surface area is 164 Å². The molecule has 29 heavy (non-hydrogen) atoms. The zero-order chi connectivity index (χ0) is 21.0. The smallest absolute Gasteiger partial charge is 0.420 e. The van der Waals surface area contributed by atoms with E-state index >= 15 is 0 Å². The van der Waals surface area contributed by atoms with Gasteiger partial charge >= 0.3 is 18.3 Å². The van der Waals surface area contributed by atoms with Crippen LogP contribution in [-0.2, 0) is 0 Å². The molecule has 1 unspecified atom stereocenters. The number of hydrogen-bond acceptors (Lipinski definition) is 7. The summed E-state index contributed by atoms with van der Waals surface area (Å²) in [5, 5.41) is 13.2. The minimum atomic E-state index is -3.79. The highest BCUT2D eigenvalue weighted by atomic mass is 19.3. The Bertz CT molecular complexity index is 971. The molecule has 4 rings (SSSR count). The predicted octanol–water partition coefficient (Wildman–Crippen LogP) is 2.92. The first-order valence-electron chi connectivity index (χ1n) is 8.82. The lowest BCUT2D eigenvalue weighted by Gasteiger charge is -2.28. The van der Waals surface area contributed by atoms with Gasteiger partial charge in [0.2, 0.25) is 5.75 Å². The Kier molecular flexibility index (Phi) is 4.23. The molecule has 2 aliphatic rings. The fourth-order valence-corrected chi connectivity index (χ4v) is 3.08. The number of rotatable bonds is 4. The van der Waals surface area contributed by atoms with Gasteiger partial charge in [-0.15, -0.1) is 8.78 Å². The monoisotopic (exact) mass is 408 g/mol. The fourth-order valence-electron chi connectivity index (χ4n) is 3.08. The molecule has 9 nitrogen and oxygen atoms in total. The highest BCUT2D eigenvalue weighted by Gasteiger charge is 2.48. The van der Waals surface area contributed by atoms with Crippen LogP contribution < -0.4 is 24.4 Å². The minimum Gasteiger partial charge on any atom is -0.420 e. The third-order valence-corrected chi connectivity index (χ3v) is 4.97. The van der Waals surface area contributed by atoms with E-state index in [4.69, 9.17) is 4.74 Å². The van der Waals surface area contributed by atoms with Crippen LogP contribution in [0.15, 0.2) is 24.5 Å². The summed E-state index contributed by atoms with van der Waals surface area (Å²) in [4.78, 5) is 21.3. The molecule has 2 aromatic rings. The number of fused-ring (bicyclic) bond motifs is 1. The number of hydrogen-bond donors (Lipinski definition) is 2. The van der Waals surface area contributed by atoms with E-state index in [2.05, 4.69) is 24.8 Å². The third kappa shape index (κ3) is 3.16. The molecule has 1 aromatic heterocycles. The van der Waals surface area contributed by atoms with Crippen molar-refractivity contribution in [3.05, 3.63) is 30.1 Å². The van der Waals surface area contributed by atoms with Gasteiger partial charge in [-0.3, -0.25) is 4.90 Å². The lowest BCUT2D eigenvalue weighted by molar-refractivity contribution is -0.287. The topological polar surface area (TPSA) is 106 Å². The third-order valence-electron chi connectivity index (χ3n) is 4.97. The van der Waals surface area contributed by atoms with E-state index < -0.39 is 24.1 Å². The molecule has 11 heteroatoms. The van der Waals surface area contributed by atoms with Crippen LogP contribution in [0.3, 0.4) is 0 Å².